The first-order valence-electron chi connectivity index (χ1n) is 6.84. The number of hydrogen-bond donors (Lipinski definition) is 2. The van der Waals surface area contributed by atoms with Gasteiger partial charge in [0.15, 0.2) is 0 Å². The van der Waals surface area contributed by atoms with Gasteiger partial charge in [0.05, 0.1) is 5.75 Å². The summed E-state index contributed by atoms with van der Waals surface area (Å²) in [6.45, 7) is 0.394. The summed E-state index contributed by atoms with van der Waals surface area (Å²) >= 11 is 0. The number of hydrogen-bond acceptors (Lipinski definition) is 3. The van der Waals surface area contributed by atoms with Crippen molar-refractivity contribution in [1.82, 2.24) is 4.72 Å². The monoisotopic (exact) mass is 305 g/mol. The second kappa shape index (κ2) is 7.24. The summed E-state index contributed by atoms with van der Waals surface area (Å²) in [6, 6.07) is 16.1. The Morgan fingerprint density at radius 3 is 2.38 bits per heavy atom. The Hall–Kier alpha value is -1.85. The van der Waals surface area contributed by atoms with Crippen LogP contribution < -0.4 is 4.72 Å². The Balaban J connectivity index is 1.77. The molecule has 0 heterocycles. The van der Waals surface area contributed by atoms with Crippen molar-refractivity contribution < 1.29 is 13.5 Å². The number of aryl methyl sites for hydroxylation is 1. The third-order valence-electron chi connectivity index (χ3n) is 3.07. The molecule has 0 fully saturated rings. The van der Waals surface area contributed by atoms with Crippen molar-refractivity contribution in [2.24, 2.45) is 0 Å². The van der Waals surface area contributed by atoms with E-state index in [0.717, 1.165) is 17.5 Å². The molecule has 112 valence electrons. The molecule has 0 spiro atoms. The van der Waals surface area contributed by atoms with Crippen LogP contribution in [0.4, 0.5) is 0 Å². The third kappa shape index (κ3) is 5.57. The molecule has 0 aliphatic rings. The van der Waals surface area contributed by atoms with E-state index in [2.05, 4.69) is 4.72 Å². The zero-order chi connectivity index (χ0) is 15.1. The number of rotatable bonds is 7. The van der Waals surface area contributed by atoms with Crippen molar-refractivity contribution in [3.8, 4) is 5.75 Å². The summed E-state index contributed by atoms with van der Waals surface area (Å²) in [5.74, 6) is 0.233. The average Bonchev–Trinajstić information content (AvgIpc) is 2.44. The molecule has 0 unspecified atom stereocenters. The molecule has 0 bridgehead atoms. The third-order valence-corrected chi connectivity index (χ3v) is 4.43. The van der Waals surface area contributed by atoms with Gasteiger partial charge in [-0.05, 0) is 36.1 Å². The lowest BCUT2D eigenvalue weighted by Crippen LogP contribution is -2.26. The predicted octanol–water partition coefficient (Wildman–Crippen LogP) is 2.44. The lowest BCUT2D eigenvalue weighted by Gasteiger charge is -2.07. The number of nitrogens with one attached hydrogen (secondary N) is 1. The van der Waals surface area contributed by atoms with Gasteiger partial charge in [0.25, 0.3) is 0 Å². The number of phenols is 1. The summed E-state index contributed by atoms with van der Waals surface area (Å²) in [6.07, 6.45) is 1.42. The van der Waals surface area contributed by atoms with Crippen molar-refractivity contribution in [3.63, 3.8) is 0 Å². The number of benzene rings is 2. The Morgan fingerprint density at radius 1 is 0.952 bits per heavy atom. The maximum atomic E-state index is 11.9. The highest BCUT2D eigenvalue weighted by atomic mass is 32.2. The predicted molar refractivity (Wildman–Crippen MR) is 83.5 cm³/mol. The summed E-state index contributed by atoms with van der Waals surface area (Å²) in [5, 5.41) is 9.35. The first-order valence-corrected chi connectivity index (χ1v) is 8.49. The Bertz CT molecular complexity index is 669. The van der Waals surface area contributed by atoms with Gasteiger partial charge in [-0.25, -0.2) is 13.1 Å². The molecule has 0 aliphatic carbocycles. The highest BCUT2D eigenvalue weighted by molar-refractivity contribution is 7.88. The van der Waals surface area contributed by atoms with Crippen LogP contribution in [0.3, 0.4) is 0 Å². The van der Waals surface area contributed by atoms with Gasteiger partial charge in [-0.15, -0.1) is 0 Å². The Kier molecular flexibility index (Phi) is 5.36. The SMILES string of the molecule is O=S(=O)(Cc1ccccc1)NCCCc1cccc(O)c1. The number of sulfonamides is 1. The van der Waals surface area contributed by atoms with Gasteiger partial charge in [0.2, 0.25) is 10.0 Å². The first kappa shape index (κ1) is 15.5. The van der Waals surface area contributed by atoms with E-state index in [4.69, 9.17) is 0 Å². The van der Waals surface area contributed by atoms with E-state index < -0.39 is 10.0 Å². The molecule has 0 saturated heterocycles. The van der Waals surface area contributed by atoms with Crippen LogP contribution in [0.1, 0.15) is 17.5 Å². The zero-order valence-corrected chi connectivity index (χ0v) is 12.5. The number of phenolic OH excluding ortho intramolecular Hbond substituents is 1. The van der Waals surface area contributed by atoms with Gasteiger partial charge in [0, 0.05) is 6.54 Å². The fourth-order valence-electron chi connectivity index (χ4n) is 2.08. The highest BCUT2D eigenvalue weighted by Gasteiger charge is 2.10. The summed E-state index contributed by atoms with van der Waals surface area (Å²) in [5.41, 5.74) is 1.77. The normalized spacial score (nSPS) is 11.4. The molecule has 2 N–H and O–H groups in total. The summed E-state index contributed by atoms with van der Waals surface area (Å²) < 4.78 is 26.4. The van der Waals surface area contributed by atoms with Crippen molar-refractivity contribution >= 4 is 10.0 Å². The van der Waals surface area contributed by atoms with E-state index in [9.17, 15) is 13.5 Å². The lowest BCUT2D eigenvalue weighted by molar-refractivity contribution is 0.474. The van der Waals surface area contributed by atoms with Crippen LogP contribution in [-0.4, -0.2) is 20.1 Å². The Labute approximate surface area is 125 Å². The van der Waals surface area contributed by atoms with Crippen molar-refractivity contribution in [2.75, 3.05) is 6.54 Å². The first-order chi connectivity index (χ1) is 10.1. The molecular weight excluding hydrogens is 286 g/mol. The van der Waals surface area contributed by atoms with E-state index in [-0.39, 0.29) is 11.5 Å². The van der Waals surface area contributed by atoms with Gasteiger partial charge in [0.1, 0.15) is 5.75 Å². The minimum absolute atomic E-state index is 0.0000346. The number of aromatic hydroxyl groups is 1. The van der Waals surface area contributed by atoms with Crippen LogP contribution in [0.25, 0.3) is 0 Å². The van der Waals surface area contributed by atoms with Crippen molar-refractivity contribution in [3.05, 3.63) is 65.7 Å². The Morgan fingerprint density at radius 2 is 1.67 bits per heavy atom. The van der Waals surface area contributed by atoms with Gasteiger partial charge in [-0.3, -0.25) is 0 Å². The van der Waals surface area contributed by atoms with Crippen LogP contribution >= 0.6 is 0 Å². The standard InChI is InChI=1S/C16H19NO3S/c18-16-10-4-8-14(12-16)9-5-11-17-21(19,20)13-15-6-2-1-3-7-15/h1-4,6-8,10,12,17-18H,5,9,11,13H2. The van der Waals surface area contributed by atoms with Crippen LogP contribution in [0.5, 0.6) is 5.75 Å². The molecule has 0 aliphatic heterocycles. The maximum absolute atomic E-state index is 11.9. The van der Waals surface area contributed by atoms with Crippen LogP contribution in [0.2, 0.25) is 0 Å². The summed E-state index contributed by atoms with van der Waals surface area (Å²) in [7, 11) is -3.30. The molecule has 21 heavy (non-hydrogen) atoms. The second-order valence-electron chi connectivity index (χ2n) is 4.91. The fourth-order valence-corrected chi connectivity index (χ4v) is 3.27. The van der Waals surface area contributed by atoms with E-state index in [0.29, 0.717) is 13.0 Å². The van der Waals surface area contributed by atoms with E-state index >= 15 is 0 Å². The fraction of sp³-hybridized carbons (Fsp3) is 0.250. The minimum atomic E-state index is -3.30. The second-order valence-corrected chi connectivity index (χ2v) is 6.72. The van der Waals surface area contributed by atoms with Gasteiger partial charge < -0.3 is 5.11 Å². The van der Waals surface area contributed by atoms with Gasteiger partial charge in [-0.2, -0.15) is 0 Å². The maximum Gasteiger partial charge on any atom is 0.215 e. The average molecular weight is 305 g/mol. The van der Waals surface area contributed by atoms with Crippen LogP contribution in [-0.2, 0) is 22.2 Å². The van der Waals surface area contributed by atoms with Crippen LogP contribution in [0, 0.1) is 0 Å². The molecular formula is C16H19NO3S. The molecule has 2 aromatic rings. The van der Waals surface area contributed by atoms with Gasteiger partial charge >= 0.3 is 0 Å². The molecule has 0 saturated carbocycles. The molecule has 0 radical (unpaired) electrons. The zero-order valence-electron chi connectivity index (χ0n) is 11.7. The molecule has 0 aromatic heterocycles. The molecule has 5 heteroatoms. The molecule has 0 atom stereocenters. The topological polar surface area (TPSA) is 66.4 Å². The molecule has 2 aromatic carbocycles. The van der Waals surface area contributed by atoms with Crippen LogP contribution in [0.15, 0.2) is 54.6 Å². The lowest BCUT2D eigenvalue weighted by atomic mass is 10.1. The minimum Gasteiger partial charge on any atom is -0.508 e. The van der Waals surface area contributed by atoms with Crippen molar-refractivity contribution in [2.45, 2.75) is 18.6 Å². The largest absolute Gasteiger partial charge is 0.508 e. The summed E-state index contributed by atoms with van der Waals surface area (Å²) in [4.78, 5) is 0. The van der Waals surface area contributed by atoms with E-state index in [1.54, 1.807) is 30.3 Å². The quantitative estimate of drug-likeness (QED) is 0.772. The van der Waals surface area contributed by atoms with Crippen molar-refractivity contribution in [1.29, 1.82) is 0 Å². The molecule has 2 rings (SSSR count). The smallest absolute Gasteiger partial charge is 0.215 e. The molecule has 0 amide bonds. The molecule has 4 nitrogen and oxygen atoms in total. The highest BCUT2D eigenvalue weighted by Crippen LogP contribution is 2.12. The van der Waals surface area contributed by atoms with Gasteiger partial charge in [-0.1, -0.05) is 42.5 Å². The van der Waals surface area contributed by atoms with E-state index in [1.807, 2.05) is 24.3 Å². The van der Waals surface area contributed by atoms with E-state index in [1.165, 1.54) is 0 Å².